The van der Waals surface area contributed by atoms with Crippen molar-refractivity contribution in [2.45, 2.75) is 20.4 Å². The number of rotatable bonds is 2. The molecule has 0 unspecified atom stereocenters. The zero-order chi connectivity index (χ0) is 12.6. The molecule has 0 aliphatic heterocycles. The zero-order valence-corrected chi connectivity index (χ0v) is 10.6. The van der Waals surface area contributed by atoms with E-state index < -0.39 is 5.97 Å². The average Bonchev–Trinajstić information content (AvgIpc) is 2.59. The molecular weight excluding hydrogens is 240 g/mol. The highest BCUT2D eigenvalue weighted by Crippen LogP contribution is 2.25. The van der Waals surface area contributed by atoms with Gasteiger partial charge in [-0.05, 0) is 19.4 Å². The van der Waals surface area contributed by atoms with Crippen LogP contribution in [0.4, 0.5) is 0 Å². The monoisotopic (exact) mass is 252 g/mol. The van der Waals surface area contributed by atoms with Gasteiger partial charge in [0.2, 0.25) is 0 Å². The largest absolute Gasteiger partial charge is 0.468 e. The second-order valence-electron chi connectivity index (χ2n) is 3.72. The van der Waals surface area contributed by atoms with E-state index in [2.05, 4.69) is 9.72 Å². The number of carbonyl (C=O) groups is 1. The molecule has 17 heavy (non-hydrogen) atoms. The van der Waals surface area contributed by atoms with Gasteiger partial charge in [-0.1, -0.05) is 0 Å². The molecule has 2 aromatic rings. The molecule has 6 heteroatoms. The predicted molar refractivity (Wildman–Crippen MR) is 65.4 cm³/mol. The molecule has 0 aromatic carbocycles. The lowest BCUT2D eigenvalue weighted by Gasteiger charge is -2.03. The summed E-state index contributed by atoms with van der Waals surface area (Å²) in [4.78, 5) is 29.3. The third-order valence-corrected chi connectivity index (χ3v) is 3.80. The molecule has 2 aromatic heterocycles. The van der Waals surface area contributed by atoms with Gasteiger partial charge in [0.15, 0.2) is 0 Å². The maximum atomic E-state index is 12.1. The highest BCUT2D eigenvalue weighted by Gasteiger charge is 2.13. The Morgan fingerprint density at radius 2 is 2.24 bits per heavy atom. The summed E-state index contributed by atoms with van der Waals surface area (Å²) < 4.78 is 5.80. The lowest BCUT2D eigenvalue weighted by atomic mass is 10.2. The number of esters is 1. The number of ether oxygens (including phenoxy) is 1. The summed E-state index contributed by atoms with van der Waals surface area (Å²) in [5.41, 5.74) is 0.740. The summed E-state index contributed by atoms with van der Waals surface area (Å²) in [6.45, 7) is 3.73. The molecule has 0 saturated heterocycles. The SMILES string of the molecule is COC(=O)Cn1cnc2sc(C)c(C)c2c1=O. The van der Waals surface area contributed by atoms with Crippen molar-refractivity contribution in [3.05, 3.63) is 27.1 Å². The summed E-state index contributed by atoms with van der Waals surface area (Å²) in [5, 5.41) is 0.596. The Balaban J connectivity index is 2.61. The summed E-state index contributed by atoms with van der Waals surface area (Å²) in [6.07, 6.45) is 1.39. The first-order valence-electron chi connectivity index (χ1n) is 5.06. The molecule has 2 heterocycles. The van der Waals surface area contributed by atoms with E-state index >= 15 is 0 Å². The molecule has 0 aliphatic carbocycles. The molecule has 5 nitrogen and oxygen atoms in total. The third kappa shape index (κ3) is 1.95. The van der Waals surface area contributed by atoms with Crippen LogP contribution < -0.4 is 5.56 Å². The van der Waals surface area contributed by atoms with Gasteiger partial charge in [0.1, 0.15) is 11.4 Å². The molecule has 0 saturated carbocycles. The second kappa shape index (κ2) is 4.29. The standard InChI is InChI=1S/C11H12N2O3S/c1-6-7(2)17-10-9(6)11(15)13(5-12-10)4-8(14)16-3/h5H,4H2,1-3H3. The van der Waals surface area contributed by atoms with Crippen LogP contribution in [-0.4, -0.2) is 22.6 Å². The summed E-state index contributed by atoms with van der Waals surface area (Å²) >= 11 is 1.49. The van der Waals surface area contributed by atoms with Crippen LogP contribution in [0.15, 0.2) is 11.1 Å². The molecule has 0 spiro atoms. The second-order valence-corrected chi connectivity index (χ2v) is 4.92. The normalized spacial score (nSPS) is 10.8. The highest BCUT2D eigenvalue weighted by molar-refractivity contribution is 7.18. The van der Waals surface area contributed by atoms with E-state index in [1.807, 2.05) is 13.8 Å². The first kappa shape index (κ1) is 11.8. The van der Waals surface area contributed by atoms with Gasteiger partial charge in [-0.15, -0.1) is 11.3 Å². The number of hydrogen-bond acceptors (Lipinski definition) is 5. The topological polar surface area (TPSA) is 61.2 Å². The van der Waals surface area contributed by atoms with Crippen LogP contribution in [0.25, 0.3) is 10.2 Å². The highest BCUT2D eigenvalue weighted by atomic mass is 32.1. The van der Waals surface area contributed by atoms with Crippen molar-refractivity contribution < 1.29 is 9.53 Å². The quantitative estimate of drug-likeness (QED) is 0.755. The number of methoxy groups -OCH3 is 1. The van der Waals surface area contributed by atoms with Crippen LogP contribution in [0.3, 0.4) is 0 Å². The van der Waals surface area contributed by atoms with E-state index in [4.69, 9.17) is 0 Å². The van der Waals surface area contributed by atoms with Gasteiger partial charge in [0.25, 0.3) is 5.56 Å². The van der Waals surface area contributed by atoms with Crippen molar-refractivity contribution in [2.75, 3.05) is 7.11 Å². The van der Waals surface area contributed by atoms with Crippen LogP contribution in [0.1, 0.15) is 10.4 Å². The molecule has 0 fully saturated rings. The minimum Gasteiger partial charge on any atom is -0.468 e. The Morgan fingerprint density at radius 1 is 1.53 bits per heavy atom. The Kier molecular flexibility index (Phi) is 2.97. The molecule has 90 valence electrons. The third-order valence-electron chi connectivity index (χ3n) is 2.68. The Labute approximate surface area is 102 Å². The van der Waals surface area contributed by atoms with Gasteiger partial charge in [-0.2, -0.15) is 0 Å². The van der Waals surface area contributed by atoms with Gasteiger partial charge >= 0.3 is 5.97 Å². The lowest BCUT2D eigenvalue weighted by Crippen LogP contribution is -2.25. The van der Waals surface area contributed by atoms with Gasteiger partial charge in [0, 0.05) is 4.88 Å². The molecule has 0 bridgehead atoms. The van der Waals surface area contributed by atoms with Crippen LogP contribution >= 0.6 is 11.3 Å². The van der Waals surface area contributed by atoms with Gasteiger partial charge < -0.3 is 4.74 Å². The minimum atomic E-state index is -0.460. The van der Waals surface area contributed by atoms with Crippen molar-refractivity contribution >= 4 is 27.5 Å². The van der Waals surface area contributed by atoms with Crippen LogP contribution in [0.2, 0.25) is 0 Å². The van der Waals surface area contributed by atoms with Crippen LogP contribution in [-0.2, 0) is 16.1 Å². The van der Waals surface area contributed by atoms with Crippen LogP contribution in [0, 0.1) is 13.8 Å². The molecule has 0 amide bonds. The van der Waals surface area contributed by atoms with E-state index in [1.165, 1.54) is 29.3 Å². The molecule has 0 atom stereocenters. The minimum absolute atomic E-state index is 0.105. The molecule has 2 rings (SSSR count). The molecule has 0 N–H and O–H groups in total. The number of carbonyl (C=O) groups excluding carboxylic acids is 1. The molecule has 0 radical (unpaired) electrons. The summed E-state index contributed by atoms with van der Waals surface area (Å²) in [6, 6.07) is 0. The molecular formula is C11H12N2O3S. The zero-order valence-electron chi connectivity index (χ0n) is 9.81. The number of nitrogens with zero attached hydrogens (tertiary/aromatic N) is 2. The Bertz CT molecular complexity index is 642. The Hall–Kier alpha value is -1.69. The number of aromatic nitrogens is 2. The van der Waals surface area contributed by atoms with Crippen molar-refractivity contribution in [3.8, 4) is 0 Å². The fourth-order valence-electron chi connectivity index (χ4n) is 1.59. The Morgan fingerprint density at radius 3 is 2.88 bits per heavy atom. The summed E-state index contributed by atoms with van der Waals surface area (Å²) in [5.74, 6) is -0.460. The van der Waals surface area contributed by atoms with E-state index in [0.717, 1.165) is 10.4 Å². The van der Waals surface area contributed by atoms with Gasteiger partial charge in [0.05, 0.1) is 18.8 Å². The van der Waals surface area contributed by atoms with Crippen molar-refractivity contribution in [1.82, 2.24) is 9.55 Å². The first-order valence-corrected chi connectivity index (χ1v) is 5.88. The van der Waals surface area contributed by atoms with E-state index in [1.54, 1.807) is 0 Å². The van der Waals surface area contributed by atoms with Gasteiger partial charge in [-0.3, -0.25) is 14.2 Å². The summed E-state index contributed by atoms with van der Waals surface area (Å²) in [7, 11) is 1.29. The first-order chi connectivity index (χ1) is 8.04. The van der Waals surface area contributed by atoms with E-state index in [9.17, 15) is 9.59 Å². The number of aryl methyl sites for hydroxylation is 2. The lowest BCUT2D eigenvalue weighted by molar-refractivity contribution is -0.141. The average molecular weight is 252 g/mol. The number of hydrogen-bond donors (Lipinski definition) is 0. The van der Waals surface area contributed by atoms with E-state index in [-0.39, 0.29) is 12.1 Å². The fourth-order valence-corrected chi connectivity index (χ4v) is 2.57. The van der Waals surface area contributed by atoms with Crippen molar-refractivity contribution in [1.29, 1.82) is 0 Å². The van der Waals surface area contributed by atoms with Crippen molar-refractivity contribution in [3.63, 3.8) is 0 Å². The predicted octanol–water partition coefficient (Wildman–Crippen LogP) is 1.25. The maximum absolute atomic E-state index is 12.1. The van der Waals surface area contributed by atoms with Gasteiger partial charge in [-0.25, -0.2) is 4.98 Å². The smallest absolute Gasteiger partial charge is 0.325 e. The number of fused-ring (bicyclic) bond motifs is 1. The van der Waals surface area contributed by atoms with E-state index in [0.29, 0.717) is 10.2 Å². The molecule has 0 aliphatic rings. The van der Waals surface area contributed by atoms with Crippen molar-refractivity contribution in [2.24, 2.45) is 0 Å². The van der Waals surface area contributed by atoms with Crippen LogP contribution in [0.5, 0.6) is 0 Å². The fraction of sp³-hybridized carbons (Fsp3) is 0.364. The maximum Gasteiger partial charge on any atom is 0.325 e. The number of thiophene rings is 1.